The maximum Gasteiger partial charge on any atom is 0.104 e. The second-order valence-electron chi connectivity index (χ2n) is 4.85. The maximum atomic E-state index is 4.49. The molecule has 0 N–H and O–H groups in total. The first-order chi connectivity index (χ1) is 8.81. The van der Waals surface area contributed by atoms with Crippen LogP contribution in [-0.2, 0) is 6.42 Å². The molecule has 0 spiro atoms. The third kappa shape index (κ3) is 3.50. The van der Waals surface area contributed by atoms with Gasteiger partial charge in [0.05, 0.1) is 17.4 Å². The summed E-state index contributed by atoms with van der Waals surface area (Å²) in [6, 6.07) is 0. The first-order valence-electron chi connectivity index (χ1n) is 6.61. The van der Waals surface area contributed by atoms with Crippen LogP contribution in [0.15, 0.2) is 18.7 Å². The van der Waals surface area contributed by atoms with Gasteiger partial charge >= 0.3 is 0 Å². The lowest BCUT2D eigenvalue weighted by Gasteiger charge is -2.22. The minimum Gasteiger partial charge on any atom is -0.302 e. The summed E-state index contributed by atoms with van der Waals surface area (Å²) >= 11 is 1.35. The third-order valence-electron chi connectivity index (χ3n) is 3.27. The normalized spacial score (nSPS) is 16.6. The quantitative estimate of drug-likeness (QED) is 0.583. The number of aryl methyl sites for hydroxylation is 1. The molecule has 0 bridgehead atoms. The van der Waals surface area contributed by atoms with Crippen LogP contribution in [0.5, 0.6) is 0 Å². The number of rotatable bonds is 6. The lowest BCUT2D eigenvalue weighted by Crippen LogP contribution is -2.25. The summed E-state index contributed by atoms with van der Waals surface area (Å²) in [7, 11) is 2.16. The summed E-state index contributed by atoms with van der Waals surface area (Å²) in [6.07, 6.45) is 9.94. The van der Waals surface area contributed by atoms with E-state index in [1.807, 2.05) is 6.08 Å². The highest BCUT2D eigenvalue weighted by Gasteiger charge is 2.16. The van der Waals surface area contributed by atoms with Crippen molar-refractivity contribution in [1.82, 2.24) is 13.6 Å². The first kappa shape index (κ1) is 13.4. The molecule has 0 radical (unpaired) electrons. The molecule has 0 saturated heterocycles. The van der Waals surface area contributed by atoms with Crippen molar-refractivity contribution in [2.24, 2.45) is 0 Å². The van der Waals surface area contributed by atoms with E-state index in [9.17, 15) is 0 Å². The van der Waals surface area contributed by atoms with Gasteiger partial charge < -0.3 is 4.90 Å². The standard InChI is InChI=1S/C14H21N3S/c1-3-4-5-6-9-13-14(16-18-15-13)12-8-7-10-17(2)11-12/h3,8H,1,4-7,9-11H2,2H3. The molecule has 1 aliphatic heterocycles. The molecule has 4 heteroatoms. The largest absolute Gasteiger partial charge is 0.302 e. The number of aromatic nitrogens is 2. The fraction of sp³-hybridized carbons (Fsp3) is 0.571. The Hall–Kier alpha value is -1.00. The highest BCUT2D eigenvalue weighted by Crippen LogP contribution is 2.23. The van der Waals surface area contributed by atoms with E-state index < -0.39 is 0 Å². The number of nitrogens with zero attached hydrogens (tertiary/aromatic N) is 3. The summed E-state index contributed by atoms with van der Waals surface area (Å²) < 4.78 is 8.95. The van der Waals surface area contributed by atoms with Crippen molar-refractivity contribution < 1.29 is 0 Å². The molecule has 0 amide bonds. The highest BCUT2D eigenvalue weighted by molar-refractivity contribution is 6.99. The molecule has 0 aromatic carbocycles. The Morgan fingerprint density at radius 2 is 2.33 bits per heavy atom. The monoisotopic (exact) mass is 263 g/mol. The van der Waals surface area contributed by atoms with E-state index in [4.69, 9.17) is 0 Å². The van der Waals surface area contributed by atoms with E-state index in [1.165, 1.54) is 35.8 Å². The van der Waals surface area contributed by atoms with Gasteiger partial charge in [0.25, 0.3) is 0 Å². The summed E-state index contributed by atoms with van der Waals surface area (Å²) in [6.45, 7) is 5.91. The van der Waals surface area contributed by atoms with Gasteiger partial charge in [-0.3, -0.25) is 0 Å². The molecule has 3 nitrogen and oxygen atoms in total. The molecule has 18 heavy (non-hydrogen) atoms. The van der Waals surface area contributed by atoms with Crippen LogP contribution >= 0.6 is 11.7 Å². The van der Waals surface area contributed by atoms with Gasteiger partial charge in [-0.1, -0.05) is 12.2 Å². The lowest BCUT2D eigenvalue weighted by atomic mass is 10.0. The van der Waals surface area contributed by atoms with Gasteiger partial charge in [0.2, 0.25) is 0 Å². The van der Waals surface area contributed by atoms with Crippen LogP contribution in [0.25, 0.3) is 5.57 Å². The van der Waals surface area contributed by atoms with Crippen molar-refractivity contribution in [3.8, 4) is 0 Å². The van der Waals surface area contributed by atoms with Gasteiger partial charge in [-0.05, 0) is 44.7 Å². The van der Waals surface area contributed by atoms with Crippen LogP contribution in [0.1, 0.15) is 37.1 Å². The van der Waals surface area contributed by atoms with E-state index in [1.54, 1.807) is 0 Å². The van der Waals surface area contributed by atoms with Crippen molar-refractivity contribution in [2.75, 3.05) is 20.1 Å². The van der Waals surface area contributed by atoms with Crippen molar-refractivity contribution >= 4 is 17.3 Å². The highest BCUT2D eigenvalue weighted by atomic mass is 32.1. The Kier molecular flexibility index (Phi) is 5.08. The SMILES string of the molecule is C=CCCCCc1nsnc1C1=CCCN(C)C1. The van der Waals surface area contributed by atoms with Gasteiger partial charge in [-0.2, -0.15) is 8.75 Å². The van der Waals surface area contributed by atoms with Gasteiger partial charge in [0, 0.05) is 13.1 Å². The summed E-state index contributed by atoms with van der Waals surface area (Å²) in [5, 5.41) is 0. The minimum atomic E-state index is 1.01. The molecule has 1 aliphatic rings. The molecule has 1 aromatic rings. The Bertz CT molecular complexity index is 422. The van der Waals surface area contributed by atoms with Crippen LogP contribution in [0.4, 0.5) is 0 Å². The molecule has 0 unspecified atom stereocenters. The van der Waals surface area contributed by atoms with Crippen LogP contribution in [0, 0.1) is 0 Å². The fourth-order valence-corrected chi connectivity index (χ4v) is 2.88. The Morgan fingerprint density at radius 1 is 1.44 bits per heavy atom. The Morgan fingerprint density at radius 3 is 3.11 bits per heavy atom. The topological polar surface area (TPSA) is 29.0 Å². The second-order valence-corrected chi connectivity index (χ2v) is 5.38. The van der Waals surface area contributed by atoms with Gasteiger partial charge in [0.1, 0.15) is 5.69 Å². The van der Waals surface area contributed by atoms with E-state index in [0.29, 0.717) is 0 Å². The van der Waals surface area contributed by atoms with Crippen molar-refractivity contribution in [3.63, 3.8) is 0 Å². The Balaban J connectivity index is 1.98. The average Bonchev–Trinajstić information content (AvgIpc) is 2.83. The van der Waals surface area contributed by atoms with E-state index >= 15 is 0 Å². The number of unbranched alkanes of at least 4 members (excludes halogenated alkanes) is 2. The summed E-state index contributed by atoms with van der Waals surface area (Å²) in [5.41, 5.74) is 3.69. The predicted molar refractivity (Wildman–Crippen MR) is 77.8 cm³/mol. The van der Waals surface area contributed by atoms with Crippen LogP contribution in [-0.4, -0.2) is 33.8 Å². The van der Waals surface area contributed by atoms with Crippen molar-refractivity contribution in [2.45, 2.75) is 32.1 Å². The zero-order valence-corrected chi connectivity index (χ0v) is 11.9. The number of hydrogen-bond acceptors (Lipinski definition) is 4. The van der Waals surface area contributed by atoms with Gasteiger partial charge in [0.15, 0.2) is 0 Å². The van der Waals surface area contributed by atoms with Crippen molar-refractivity contribution in [1.29, 1.82) is 0 Å². The lowest BCUT2D eigenvalue weighted by molar-refractivity contribution is 0.372. The summed E-state index contributed by atoms with van der Waals surface area (Å²) in [4.78, 5) is 2.34. The van der Waals surface area contributed by atoms with Gasteiger partial charge in [-0.25, -0.2) is 0 Å². The zero-order chi connectivity index (χ0) is 12.8. The first-order valence-corrected chi connectivity index (χ1v) is 7.34. The van der Waals surface area contributed by atoms with Crippen LogP contribution < -0.4 is 0 Å². The average molecular weight is 263 g/mol. The van der Waals surface area contributed by atoms with Gasteiger partial charge in [-0.15, -0.1) is 6.58 Å². The van der Waals surface area contributed by atoms with Crippen molar-refractivity contribution in [3.05, 3.63) is 30.1 Å². The van der Waals surface area contributed by atoms with E-state index in [0.717, 1.165) is 38.0 Å². The fourth-order valence-electron chi connectivity index (χ4n) is 2.26. The molecular formula is C14H21N3S. The molecule has 2 rings (SSSR count). The van der Waals surface area contributed by atoms with Crippen LogP contribution in [0.2, 0.25) is 0 Å². The zero-order valence-electron chi connectivity index (χ0n) is 11.1. The molecule has 0 aliphatic carbocycles. The third-order valence-corrected chi connectivity index (χ3v) is 3.84. The van der Waals surface area contributed by atoms with E-state index in [2.05, 4.69) is 33.3 Å². The number of likely N-dealkylation sites (N-methyl/N-ethyl adjacent to an activating group) is 1. The minimum absolute atomic E-state index is 1.01. The number of allylic oxidation sites excluding steroid dienone is 1. The molecular weight excluding hydrogens is 242 g/mol. The second kappa shape index (κ2) is 6.81. The molecule has 1 aromatic heterocycles. The smallest absolute Gasteiger partial charge is 0.104 e. The van der Waals surface area contributed by atoms with E-state index in [-0.39, 0.29) is 0 Å². The molecule has 2 heterocycles. The molecule has 0 saturated carbocycles. The number of hydrogen-bond donors (Lipinski definition) is 0. The molecule has 98 valence electrons. The molecule has 0 fully saturated rings. The Labute approximate surface area is 114 Å². The molecule has 0 atom stereocenters. The summed E-state index contributed by atoms with van der Waals surface area (Å²) in [5.74, 6) is 0. The van der Waals surface area contributed by atoms with Crippen LogP contribution in [0.3, 0.4) is 0 Å². The maximum absolute atomic E-state index is 4.49. The predicted octanol–water partition coefficient (Wildman–Crippen LogP) is 3.16.